The van der Waals surface area contributed by atoms with Gasteiger partial charge in [-0.2, -0.15) is 13.2 Å². The molecule has 0 saturated carbocycles. The zero-order valence-electron chi connectivity index (χ0n) is 9.24. The molecule has 94 valence electrons. The third-order valence-corrected chi connectivity index (χ3v) is 3.11. The van der Waals surface area contributed by atoms with Crippen molar-refractivity contribution in [3.8, 4) is 0 Å². The maximum Gasteiger partial charge on any atom is 0.416 e. The van der Waals surface area contributed by atoms with Gasteiger partial charge in [0.1, 0.15) is 0 Å². The van der Waals surface area contributed by atoms with Crippen molar-refractivity contribution in [1.29, 1.82) is 0 Å². The van der Waals surface area contributed by atoms with Crippen LogP contribution in [0, 0.1) is 0 Å². The molecule has 1 N–H and O–H groups in total. The van der Waals surface area contributed by atoms with Gasteiger partial charge < -0.3 is 10.0 Å². The Balaban J connectivity index is 2.18. The highest BCUT2D eigenvalue weighted by Crippen LogP contribution is 2.32. The Bertz CT molecular complexity index is 374. The lowest BCUT2D eigenvalue weighted by Gasteiger charge is -2.25. The van der Waals surface area contributed by atoms with Gasteiger partial charge >= 0.3 is 6.18 Å². The number of benzene rings is 1. The van der Waals surface area contributed by atoms with Crippen LogP contribution in [0.15, 0.2) is 24.3 Å². The number of hydrogen-bond acceptors (Lipinski definition) is 2. The van der Waals surface area contributed by atoms with E-state index in [9.17, 15) is 13.2 Å². The topological polar surface area (TPSA) is 23.5 Å². The molecule has 1 aromatic carbocycles. The zero-order chi connectivity index (χ0) is 12.5. The molecule has 5 heteroatoms. The molecule has 2 nitrogen and oxygen atoms in total. The van der Waals surface area contributed by atoms with Crippen molar-refractivity contribution in [2.75, 3.05) is 18.1 Å². The number of anilines is 1. The summed E-state index contributed by atoms with van der Waals surface area (Å²) in [7, 11) is 0. The molecule has 1 aliphatic rings. The molecule has 17 heavy (non-hydrogen) atoms. The van der Waals surface area contributed by atoms with Crippen molar-refractivity contribution in [2.45, 2.75) is 25.1 Å². The fourth-order valence-corrected chi connectivity index (χ4v) is 2.21. The second-order valence-corrected chi connectivity index (χ2v) is 4.22. The molecule has 1 aliphatic heterocycles. The second kappa shape index (κ2) is 4.56. The third kappa shape index (κ3) is 2.54. The van der Waals surface area contributed by atoms with Crippen molar-refractivity contribution in [3.63, 3.8) is 0 Å². The fourth-order valence-electron chi connectivity index (χ4n) is 2.21. The minimum absolute atomic E-state index is 0.0340. The summed E-state index contributed by atoms with van der Waals surface area (Å²) in [6.45, 7) is 0.831. The van der Waals surface area contributed by atoms with Gasteiger partial charge in [0, 0.05) is 12.2 Å². The van der Waals surface area contributed by atoms with E-state index >= 15 is 0 Å². The van der Waals surface area contributed by atoms with Gasteiger partial charge in [0.2, 0.25) is 0 Å². The maximum atomic E-state index is 12.4. The van der Waals surface area contributed by atoms with Gasteiger partial charge in [0.25, 0.3) is 0 Å². The Hall–Kier alpha value is -1.23. The van der Waals surface area contributed by atoms with Gasteiger partial charge in [-0.25, -0.2) is 0 Å². The first-order valence-corrected chi connectivity index (χ1v) is 5.57. The zero-order valence-corrected chi connectivity index (χ0v) is 9.24. The number of rotatable bonds is 2. The standard InChI is InChI=1S/C12H14F3NO/c13-12(14,15)9-3-5-10(6-4-9)16-7-1-2-11(16)8-17/h3-6,11,17H,1-2,7-8H2. The monoisotopic (exact) mass is 245 g/mol. The Morgan fingerprint density at radius 3 is 2.41 bits per heavy atom. The van der Waals surface area contributed by atoms with Crippen LogP contribution in [-0.2, 0) is 6.18 Å². The van der Waals surface area contributed by atoms with Crippen LogP contribution < -0.4 is 4.90 Å². The van der Waals surface area contributed by atoms with Gasteiger partial charge in [-0.05, 0) is 37.1 Å². The molecule has 0 amide bonds. The summed E-state index contributed by atoms with van der Waals surface area (Å²) in [4.78, 5) is 1.96. The number of nitrogens with zero attached hydrogens (tertiary/aromatic N) is 1. The third-order valence-electron chi connectivity index (χ3n) is 3.11. The first-order valence-electron chi connectivity index (χ1n) is 5.57. The van der Waals surface area contributed by atoms with E-state index in [2.05, 4.69) is 0 Å². The lowest BCUT2D eigenvalue weighted by Crippen LogP contribution is -2.31. The number of aliphatic hydroxyl groups is 1. The molecule has 0 radical (unpaired) electrons. The molecule has 0 aromatic heterocycles. The number of hydrogen-bond donors (Lipinski definition) is 1. The minimum Gasteiger partial charge on any atom is -0.394 e. The van der Waals surface area contributed by atoms with E-state index in [1.54, 1.807) is 0 Å². The first-order chi connectivity index (χ1) is 8.02. The number of alkyl halides is 3. The van der Waals surface area contributed by atoms with Crippen LogP contribution in [0.5, 0.6) is 0 Å². The van der Waals surface area contributed by atoms with Crippen LogP contribution in [0.2, 0.25) is 0 Å². The summed E-state index contributed by atoms with van der Waals surface area (Å²) in [5.74, 6) is 0. The highest BCUT2D eigenvalue weighted by Gasteiger charge is 2.31. The predicted octanol–water partition coefficient (Wildman–Crippen LogP) is 2.67. The van der Waals surface area contributed by atoms with Crippen LogP contribution in [0.4, 0.5) is 18.9 Å². The minimum atomic E-state index is -4.29. The molecule has 1 heterocycles. The molecule has 0 aliphatic carbocycles. The molecule has 2 rings (SSSR count). The molecule has 1 atom stereocenters. The molecular weight excluding hydrogens is 231 g/mol. The predicted molar refractivity (Wildman–Crippen MR) is 58.9 cm³/mol. The molecule has 0 bridgehead atoms. The van der Waals surface area contributed by atoms with E-state index in [4.69, 9.17) is 5.11 Å². The van der Waals surface area contributed by atoms with Gasteiger partial charge in [-0.1, -0.05) is 0 Å². The van der Waals surface area contributed by atoms with Gasteiger partial charge in [-0.3, -0.25) is 0 Å². The van der Waals surface area contributed by atoms with E-state index < -0.39 is 11.7 Å². The summed E-state index contributed by atoms with van der Waals surface area (Å²) in [5.41, 5.74) is 0.107. The smallest absolute Gasteiger partial charge is 0.394 e. The summed E-state index contributed by atoms with van der Waals surface area (Å²) in [6.07, 6.45) is -2.44. The van der Waals surface area contributed by atoms with E-state index in [1.807, 2.05) is 4.90 Å². The van der Waals surface area contributed by atoms with E-state index in [-0.39, 0.29) is 12.6 Å². The SMILES string of the molecule is OCC1CCCN1c1ccc(C(F)(F)F)cc1. The summed E-state index contributed by atoms with van der Waals surface area (Å²) in [5, 5.41) is 9.16. The van der Waals surface area contributed by atoms with E-state index in [0.717, 1.165) is 37.2 Å². The van der Waals surface area contributed by atoms with E-state index in [0.29, 0.717) is 0 Å². The van der Waals surface area contributed by atoms with Crippen LogP contribution in [0.25, 0.3) is 0 Å². The second-order valence-electron chi connectivity index (χ2n) is 4.22. The number of aliphatic hydroxyl groups excluding tert-OH is 1. The molecular formula is C12H14F3NO. The summed E-state index contributed by atoms with van der Waals surface area (Å²) >= 11 is 0. The molecule has 1 fully saturated rings. The summed E-state index contributed by atoms with van der Waals surface area (Å²) < 4.78 is 37.2. The highest BCUT2D eigenvalue weighted by atomic mass is 19.4. The fraction of sp³-hybridized carbons (Fsp3) is 0.500. The Labute approximate surface area is 97.7 Å². The van der Waals surface area contributed by atoms with Gasteiger partial charge in [0.05, 0.1) is 18.2 Å². The van der Waals surface area contributed by atoms with Crippen LogP contribution in [0.3, 0.4) is 0 Å². The highest BCUT2D eigenvalue weighted by molar-refractivity contribution is 5.49. The van der Waals surface area contributed by atoms with Crippen LogP contribution in [0.1, 0.15) is 18.4 Å². The summed E-state index contributed by atoms with van der Waals surface area (Å²) in [6, 6.07) is 5.14. The average Bonchev–Trinajstić information content (AvgIpc) is 2.76. The molecule has 1 saturated heterocycles. The Morgan fingerprint density at radius 1 is 1.24 bits per heavy atom. The first kappa shape index (κ1) is 12.2. The maximum absolute atomic E-state index is 12.4. The van der Waals surface area contributed by atoms with Gasteiger partial charge in [-0.15, -0.1) is 0 Å². The molecule has 0 spiro atoms. The van der Waals surface area contributed by atoms with Crippen molar-refractivity contribution in [1.82, 2.24) is 0 Å². The van der Waals surface area contributed by atoms with Crippen molar-refractivity contribution in [3.05, 3.63) is 29.8 Å². The molecule has 1 unspecified atom stereocenters. The van der Waals surface area contributed by atoms with E-state index in [1.165, 1.54) is 12.1 Å². The van der Waals surface area contributed by atoms with Gasteiger partial charge in [0.15, 0.2) is 0 Å². The Kier molecular flexibility index (Phi) is 3.28. The van der Waals surface area contributed by atoms with Crippen molar-refractivity contribution < 1.29 is 18.3 Å². The normalized spacial score (nSPS) is 20.9. The van der Waals surface area contributed by atoms with Crippen molar-refractivity contribution >= 4 is 5.69 Å². The largest absolute Gasteiger partial charge is 0.416 e. The van der Waals surface area contributed by atoms with Crippen LogP contribution >= 0.6 is 0 Å². The lowest BCUT2D eigenvalue weighted by atomic mass is 10.1. The quantitative estimate of drug-likeness (QED) is 0.865. The molecule has 1 aromatic rings. The number of halogens is 3. The Morgan fingerprint density at radius 2 is 1.88 bits per heavy atom. The van der Waals surface area contributed by atoms with Crippen LogP contribution in [-0.4, -0.2) is 24.3 Å². The average molecular weight is 245 g/mol. The van der Waals surface area contributed by atoms with Crippen molar-refractivity contribution in [2.24, 2.45) is 0 Å². The lowest BCUT2D eigenvalue weighted by molar-refractivity contribution is -0.137.